The van der Waals surface area contributed by atoms with Gasteiger partial charge in [0.1, 0.15) is 18.1 Å². The fourth-order valence-electron chi connectivity index (χ4n) is 2.64. The van der Waals surface area contributed by atoms with Crippen LogP contribution in [0.1, 0.15) is 11.1 Å². The van der Waals surface area contributed by atoms with E-state index in [4.69, 9.17) is 26.8 Å². The average molecular weight is 447 g/mol. The van der Waals surface area contributed by atoms with Crippen LogP contribution in [-0.2, 0) is 9.59 Å². The number of carbonyl (C=O) groups is 3. The molecule has 3 rings (SSSR count). The first-order valence-electron chi connectivity index (χ1n) is 8.99. The van der Waals surface area contributed by atoms with Gasteiger partial charge in [0.25, 0.3) is 17.1 Å². The molecule has 0 unspecified atom stereocenters. The summed E-state index contributed by atoms with van der Waals surface area (Å²) in [6, 6.07) is 12.2. The second kappa shape index (κ2) is 9.69. The molecule has 0 saturated carbocycles. The Bertz CT molecular complexity index is 1010. The Morgan fingerprint density at radius 2 is 1.90 bits per heavy atom. The summed E-state index contributed by atoms with van der Waals surface area (Å²) in [7, 11) is 0. The topological polar surface area (TPSA) is 98.9 Å². The van der Waals surface area contributed by atoms with Crippen molar-refractivity contribution in [1.82, 2.24) is 4.90 Å². The zero-order valence-electron chi connectivity index (χ0n) is 16.1. The van der Waals surface area contributed by atoms with Crippen LogP contribution < -0.4 is 15.2 Å². The van der Waals surface area contributed by atoms with Crippen LogP contribution in [0.15, 0.2) is 47.4 Å². The summed E-state index contributed by atoms with van der Waals surface area (Å²) in [6.07, 6.45) is 1.51. The standard InChI is InChI=1S/C21H19ClN2O5S/c1-13-2-5-16(6-3-13)28-9-8-24-20(26)18(30-21(24)27)11-14-10-15(22)4-7-17(14)29-12-19(23)25/h2-7,10-11H,8-9,12H2,1H3,(H2,23,25)/b18-11-. The number of primary amides is 1. The van der Waals surface area contributed by atoms with Crippen LogP contribution in [0.25, 0.3) is 6.08 Å². The lowest BCUT2D eigenvalue weighted by Gasteiger charge is -2.13. The number of ether oxygens (including phenoxy) is 2. The Hall–Kier alpha value is -2.97. The van der Waals surface area contributed by atoms with Crippen LogP contribution in [-0.4, -0.2) is 41.7 Å². The first kappa shape index (κ1) is 21.7. The molecule has 0 atom stereocenters. The van der Waals surface area contributed by atoms with E-state index in [9.17, 15) is 14.4 Å². The van der Waals surface area contributed by atoms with E-state index in [2.05, 4.69) is 0 Å². The minimum absolute atomic E-state index is 0.121. The SMILES string of the molecule is Cc1ccc(OCCN2C(=O)S/C(=C\c3cc(Cl)ccc3OCC(N)=O)C2=O)cc1. The summed E-state index contributed by atoms with van der Waals surface area (Å²) < 4.78 is 11.0. The van der Waals surface area contributed by atoms with Crippen molar-refractivity contribution < 1.29 is 23.9 Å². The van der Waals surface area contributed by atoms with E-state index in [0.717, 1.165) is 22.2 Å². The minimum Gasteiger partial charge on any atom is -0.492 e. The second-order valence-corrected chi connectivity index (χ2v) is 7.86. The molecule has 1 aliphatic heterocycles. The predicted octanol–water partition coefficient (Wildman–Crippen LogP) is 3.63. The maximum absolute atomic E-state index is 12.7. The Labute approximate surface area is 182 Å². The summed E-state index contributed by atoms with van der Waals surface area (Å²) in [5.74, 6) is -0.0749. The number of carbonyl (C=O) groups excluding carboxylic acids is 3. The summed E-state index contributed by atoms with van der Waals surface area (Å²) in [5, 5.41) is 0.0267. The molecule has 0 aliphatic carbocycles. The third kappa shape index (κ3) is 5.55. The molecule has 7 nitrogen and oxygen atoms in total. The molecule has 0 aromatic heterocycles. The highest BCUT2D eigenvalue weighted by Gasteiger charge is 2.35. The number of aryl methyl sites for hydroxylation is 1. The summed E-state index contributed by atoms with van der Waals surface area (Å²) in [6.45, 7) is 1.95. The molecule has 156 valence electrons. The quantitative estimate of drug-likeness (QED) is 0.621. The fourth-order valence-corrected chi connectivity index (χ4v) is 3.67. The Kier molecular flexibility index (Phi) is 7.02. The van der Waals surface area contributed by atoms with Gasteiger partial charge < -0.3 is 15.2 Å². The van der Waals surface area contributed by atoms with Crippen molar-refractivity contribution >= 4 is 46.5 Å². The Morgan fingerprint density at radius 1 is 1.17 bits per heavy atom. The molecule has 0 spiro atoms. The van der Waals surface area contributed by atoms with Gasteiger partial charge in [0.15, 0.2) is 6.61 Å². The smallest absolute Gasteiger partial charge is 0.293 e. The zero-order chi connectivity index (χ0) is 21.7. The van der Waals surface area contributed by atoms with Gasteiger partial charge in [-0.2, -0.15) is 0 Å². The highest BCUT2D eigenvalue weighted by atomic mass is 35.5. The highest BCUT2D eigenvalue weighted by molar-refractivity contribution is 8.18. The maximum Gasteiger partial charge on any atom is 0.293 e. The van der Waals surface area contributed by atoms with Gasteiger partial charge in [-0.1, -0.05) is 29.3 Å². The van der Waals surface area contributed by atoms with Gasteiger partial charge >= 0.3 is 0 Å². The molecular formula is C21H19ClN2O5S. The van der Waals surface area contributed by atoms with Crippen molar-refractivity contribution in [3.8, 4) is 11.5 Å². The van der Waals surface area contributed by atoms with Gasteiger partial charge in [0.05, 0.1) is 11.4 Å². The van der Waals surface area contributed by atoms with Gasteiger partial charge in [-0.15, -0.1) is 0 Å². The second-order valence-electron chi connectivity index (χ2n) is 6.43. The molecule has 2 N–H and O–H groups in total. The van der Waals surface area contributed by atoms with E-state index in [1.54, 1.807) is 18.2 Å². The van der Waals surface area contributed by atoms with Crippen LogP contribution in [0.4, 0.5) is 4.79 Å². The third-order valence-corrected chi connectivity index (χ3v) is 5.25. The maximum atomic E-state index is 12.7. The first-order valence-corrected chi connectivity index (χ1v) is 10.2. The lowest BCUT2D eigenvalue weighted by atomic mass is 10.2. The number of hydrogen-bond acceptors (Lipinski definition) is 6. The number of hydrogen-bond donors (Lipinski definition) is 1. The fraction of sp³-hybridized carbons (Fsp3) is 0.190. The largest absolute Gasteiger partial charge is 0.492 e. The van der Waals surface area contributed by atoms with E-state index >= 15 is 0 Å². The molecule has 1 fully saturated rings. The number of halogens is 1. The number of nitrogens with zero attached hydrogens (tertiary/aromatic N) is 1. The average Bonchev–Trinajstić information content (AvgIpc) is 2.96. The van der Waals surface area contributed by atoms with E-state index in [0.29, 0.717) is 22.1 Å². The summed E-state index contributed by atoms with van der Waals surface area (Å²) >= 11 is 6.85. The number of rotatable bonds is 8. The molecule has 2 aromatic rings. The lowest BCUT2D eigenvalue weighted by molar-refractivity contribution is -0.123. The van der Waals surface area contributed by atoms with Gasteiger partial charge in [-0.05, 0) is 55.1 Å². The monoisotopic (exact) mass is 446 g/mol. The normalized spacial score (nSPS) is 15.0. The van der Waals surface area contributed by atoms with Crippen LogP contribution in [0.5, 0.6) is 11.5 Å². The van der Waals surface area contributed by atoms with Crippen LogP contribution in [0.2, 0.25) is 5.02 Å². The van der Waals surface area contributed by atoms with Crippen molar-refractivity contribution in [2.75, 3.05) is 19.8 Å². The van der Waals surface area contributed by atoms with Crippen LogP contribution in [0.3, 0.4) is 0 Å². The number of thioether (sulfide) groups is 1. The van der Waals surface area contributed by atoms with Gasteiger partial charge in [-0.25, -0.2) is 0 Å². The third-order valence-electron chi connectivity index (χ3n) is 4.11. The number of benzene rings is 2. The number of imide groups is 1. The molecule has 1 aliphatic rings. The molecule has 3 amide bonds. The van der Waals surface area contributed by atoms with Gasteiger partial charge in [-0.3, -0.25) is 19.3 Å². The summed E-state index contributed by atoms with van der Waals surface area (Å²) in [4.78, 5) is 37.3. The minimum atomic E-state index is -0.634. The van der Waals surface area contributed by atoms with Gasteiger partial charge in [0.2, 0.25) is 0 Å². The van der Waals surface area contributed by atoms with Crippen LogP contribution in [0, 0.1) is 6.92 Å². The number of amides is 3. The van der Waals surface area contributed by atoms with Crippen LogP contribution >= 0.6 is 23.4 Å². The molecule has 9 heteroatoms. The number of nitrogens with two attached hydrogens (primary N) is 1. The van der Waals surface area contributed by atoms with E-state index in [-0.39, 0.29) is 29.9 Å². The van der Waals surface area contributed by atoms with Crippen molar-refractivity contribution in [2.45, 2.75) is 6.92 Å². The van der Waals surface area contributed by atoms with Crippen molar-refractivity contribution in [1.29, 1.82) is 0 Å². The van der Waals surface area contributed by atoms with E-state index in [1.807, 2.05) is 31.2 Å². The van der Waals surface area contributed by atoms with Crippen molar-refractivity contribution in [2.24, 2.45) is 5.73 Å². The molecular weight excluding hydrogens is 428 g/mol. The summed E-state index contributed by atoms with van der Waals surface area (Å²) in [5.41, 5.74) is 6.68. The molecule has 1 heterocycles. The molecule has 0 radical (unpaired) electrons. The molecule has 1 saturated heterocycles. The molecule has 30 heavy (non-hydrogen) atoms. The van der Waals surface area contributed by atoms with Crippen molar-refractivity contribution in [3.63, 3.8) is 0 Å². The van der Waals surface area contributed by atoms with E-state index < -0.39 is 11.8 Å². The first-order chi connectivity index (χ1) is 14.3. The lowest BCUT2D eigenvalue weighted by Crippen LogP contribution is -2.32. The van der Waals surface area contributed by atoms with Gasteiger partial charge in [0, 0.05) is 10.6 Å². The Morgan fingerprint density at radius 3 is 2.60 bits per heavy atom. The Balaban J connectivity index is 1.69. The predicted molar refractivity (Wildman–Crippen MR) is 115 cm³/mol. The molecule has 2 aromatic carbocycles. The van der Waals surface area contributed by atoms with Crippen molar-refractivity contribution in [3.05, 3.63) is 63.5 Å². The van der Waals surface area contributed by atoms with E-state index in [1.165, 1.54) is 6.08 Å². The molecule has 0 bridgehead atoms. The highest BCUT2D eigenvalue weighted by Crippen LogP contribution is 2.34. The zero-order valence-corrected chi connectivity index (χ0v) is 17.7.